The van der Waals surface area contributed by atoms with E-state index >= 15 is 0 Å². The summed E-state index contributed by atoms with van der Waals surface area (Å²) in [6.45, 7) is 6.98. The monoisotopic (exact) mass is 369 g/mol. The molecule has 0 fully saturated rings. The first-order valence-electron chi connectivity index (χ1n) is 9.93. The maximum atomic E-state index is 12.6. The Kier molecular flexibility index (Phi) is 8.69. The predicted molar refractivity (Wildman–Crippen MR) is 111 cm³/mol. The summed E-state index contributed by atoms with van der Waals surface area (Å²) < 4.78 is 11.6. The predicted octanol–water partition coefficient (Wildman–Crippen LogP) is 6.08. The van der Waals surface area contributed by atoms with Crippen molar-refractivity contribution >= 4 is 11.6 Å². The van der Waals surface area contributed by atoms with Gasteiger partial charge in [0.2, 0.25) is 0 Å². The number of unbranched alkanes of at least 4 members (excludes halogenated alkanes) is 3. The Morgan fingerprint density at radius 3 is 2.56 bits per heavy atom. The van der Waals surface area contributed by atoms with Gasteiger partial charge in [-0.15, -0.1) is 0 Å². The van der Waals surface area contributed by atoms with Crippen molar-refractivity contribution in [2.24, 2.45) is 0 Å². The van der Waals surface area contributed by atoms with Crippen LogP contribution in [-0.4, -0.2) is 18.6 Å². The van der Waals surface area contributed by atoms with Crippen LogP contribution in [0.15, 0.2) is 48.5 Å². The molecule has 1 unspecified atom stereocenters. The van der Waals surface area contributed by atoms with Crippen molar-refractivity contribution in [2.45, 2.75) is 59.0 Å². The summed E-state index contributed by atoms with van der Waals surface area (Å²) in [5.41, 5.74) is 1.29. The molecule has 4 nitrogen and oxygen atoms in total. The molecule has 4 heteroatoms. The lowest BCUT2D eigenvalue weighted by molar-refractivity contribution is 0.102. The zero-order valence-corrected chi connectivity index (χ0v) is 16.7. The van der Waals surface area contributed by atoms with Gasteiger partial charge in [0.15, 0.2) is 0 Å². The van der Waals surface area contributed by atoms with E-state index in [1.54, 1.807) is 12.1 Å². The highest BCUT2D eigenvalue weighted by atomic mass is 16.5. The van der Waals surface area contributed by atoms with Crippen LogP contribution in [0.5, 0.6) is 11.5 Å². The number of hydrogen-bond donors (Lipinski definition) is 1. The fourth-order valence-electron chi connectivity index (χ4n) is 2.61. The van der Waals surface area contributed by atoms with Crippen LogP contribution in [0.1, 0.15) is 63.2 Å². The van der Waals surface area contributed by atoms with E-state index in [1.165, 1.54) is 19.3 Å². The quantitative estimate of drug-likeness (QED) is 0.489. The maximum absolute atomic E-state index is 12.6. The van der Waals surface area contributed by atoms with Gasteiger partial charge in [-0.1, -0.05) is 45.2 Å². The van der Waals surface area contributed by atoms with Gasteiger partial charge in [-0.25, -0.2) is 0 Å². The molecule has 0 aliphatic rings. The smallest absolute Gasteiger partial charge is 0.255 e. The van der Waals surface area contributed by atoms with E-state index in [4.69, 9.17) is 9.47 Å². The fraction of sp³-hybridized carbons (Fsp3) is 0.435. The second-order valence-electron chi connectivity index (χ2n) is 6.76. The lowest BCUT2D eigenvalue weighted by Gasteiger charge is -2.13. The minimum Gasteiger partial charge on any atom is -0.494 e. The number of ether oxygens (including phenoxy) is 2. The number of carbonyl (C=O) groups excluding carboxylic acids is 1. The van der Waals surface area contributed by atoms with E-state index in [1.807, 2.05) is 43.3 Å². The van der Waals surface area contributed by atoms with Gasteiger partial charge in [-0.05, 0) is 50.1 Å². The highest BCUT2D eigenvalue weighted by molar-refractivity contribution is 6.04. The summed E-state index contributed by atoms with van der Waals surface area (Å²) in [5.74, 6) is 1.32. The van der Waals surface area contributed by atoms with Crippen LogP contribution >= 0.6 is 0 Å². The van der Waals surface area contributed by atoms with Crippen molar-refractivity contribution in [3.05, 3.63) is 54.1 Å². The highest BCUT2D eigenvalue weighted by Gasteiger charge is 2.09. The summed E-state index contributed by atoms with van der Waals surface area (Å²) in [7, 11) is 0. The zero-order chi connectivity index (χ0) is 19.5. The van der Waals surface area contributed by atoms with Crippen molar-refractivity contribution < 1.29 is 14.3 Å². The molecular formula is C23H31NO3. The van der Waals surface area contributed by atoms with E-state index < -0.39 is 0 Å². The highest BCUT2D eigenvalue weighted by Crippen LogP contribution is 2.20. The fourth-order valence-corrected chi connectivity index (χ4v) is 2.61. The Bertz CT molecular complexity index is 714. The van der Waals surface area contributed by atoms with Gasteiger partial charge in [0.25, 0.3) is 5.91 Å². The molecule has 0 saturated heterocycles. The van der Waals surface area contributed by atoms with Crippen molar-refractivity contribution in [1.82, 2.24) is 0 Å². The molecule has 0 heterocycles. The van der Waals surface area contributed by atoms with Gasteiger partial charge in [0.05, 0.1) is 12.7 Å². The van der Waals surface area contributed by atoms with Crippen LogP contribution < -0.4 is 14.8 Å². The lowest BCUT2D eigenvalue weighted by atomic mass is 10.2. The van der Waals surface area contributed by atoms with Crippen LogP contribution in [0.2, 0.25) is 0 Å². The summed E-state index contributed by atoms with van der Waals surface area (Å²) >= 11 is 0. The van der Waals surface area contributed by atoms with E-state index in [9.17, 15) is 4.79 Å². The van der Waals surface area contributed by atoms with Gasteiger partial charge in [0, 0.05) is 17.3 Å². The number of amides is 1. The molecule has 1 atom stereocenters. The van der Waals surface area contributed by atoms with Gasteiger partial charge < -0.3 is 14.8 Å². The molecule has 0 aliphatic heterocycles. The van der Waals surface area contributed by atoms with E-state index in [0.29, 0.717) is 17.9 Å². The molecule has 27 heavy (non-hydrogen) atoms. The standard InChI is InChI=1S/C23H31NO3/c1-4-6-7-8-15-26-21-13-10-12-20(17-21)24-23(25)19-11-9-14-22(16-19)27-18(3)5-2/h9-14,16-18H,4-8,15H2,1-3H3,(H,24,25). The first-order chi connectivity index (χ1) is 13.1. The SMILES string of the molecule is CCCCCCOc1cccc(NC(=O)c2cccc(OC(C)CC)c2)c1. The average Bonchev–Trinajstić information content (AvgIpc) is 2.68. The van der Waals surface area contributed by atoms with Gasteiger partial charge in [0.1, 0.15) is 11.5 Å². The lowest BCUT2D eigenvalue weighted by Crippen LogP contribution is -2.13. The molecule has 2 aromatic rings. The molecule has 0 saturated carbocycles. The first-order valence-corrected chi connectivity index (χ1v) is 9.93. The van der Waals surface area contributed by atoms with Crippen LogP contribution in [0, 0.1) is 0 Å². The van der Waals surface area contributed by atoms with Crippen LogP contribution in [0.3, 0.4) is 0 Å². The summed E-state index contributed by atoms with van der Waals surface area (Å²) in [5, 5.41) is 2.93. The topological polar surface area (TPSA) is 47.6 Å². The van der Waals surface area contributed by atoms with Crippen LogP contribution in [0.4, 0.5) is 5.69 Å². The molecule has 1 amide bonds. The van der Waals surface area contributed by atoms with Crippen LogP contribution in [0.25, 0.3) is 0 Å². The molecule has 2 rings (SSSR count). The molecule has 0 aromatic heterocycles. The Morgan fingerprint density at radius 2 is 1.78 bits per heavy atom. The Hall–Kier alpha value is -2.49. The minimum atomic E-state index is -0.162. The molecule has 0 bridgehead atoms. The molecule has 2 aromatic carbocycles. The largest absolute Gasteiger partial charge is 0.494 e. The second-order valence-corrected chi connectivity index (χ2v) is 6.76. The third kappa shape index (κ3) is 7.33. The third-order valence-corrected chi connectivity index (χ3v) is 4.37. The summed E-state index contributed by atoms with van der Waals surface area (Å²) in [6.07, 6.45) is 5.72. The number of nitrogens with one attached hydrogen (secondary N) is 1. The van der Waals surface area contributed by atoms with E-state index in [2.05, 4.69) is 19.2 Å². The zero-order valence-electron chi connectivity index (χ0n) is 16.7. The van der Waals surface area contributed by atoms with Gasteiger partial charge in [-0.2, -0.15) is 0 Å². The second kappa shape index (κ2) is 11.3. The van der Waals surface area contributed by atoms with E-state index in [-0.39, 0.29) is 12.0 Å². The minimum absolute atomic E-state index is 0.120. The molecule has 1 N–H and O–H groups in total. The van der Waals surface area contributed by atoms with Crippen molar-refractivity contribution in [3.8, 4) is 11.5 Å². The summed E-state index contributed by atoms with van der Waals surface area (Å²) in [6, 6.07) is 14.8. The van der Waals surface area contributed by atoms with Crippen molar-refractivity contribution in [3.63, 3.8) is 0 Å². The van der Waals surface area contributed by atoms with Crippen molar-refractivity contribution in [1.29, 1.82) is 0 Å². The molecule has 0 radical (unpaired) electrons. The van der Waals surface area contributed by atoms with Crippen molar-refractivity contribution in [2.75, 3.05) is 11.9 Å². The van der Waals surface area contributed by atoms with Gasteiger partial charge >= 0.3 is 0 Å². The number of hydrogen-bond acceptors (Lipinski definition) is 3. The number of anilines is 1. The normalized spacial score (nSPS) is 11.7. The van der Waals surface area contributed by atoms with Gasteiger partial charge in [-0.3, -0.25) is 4.79 Å². The average molecular weight is 370 g/mol. The number of benzene rings is 2. The molecular weight excluding hydrogens is 338 g/mol. The third-order valence-electron chi connectivity index (χ3n) is 4.37. The maximum Gasteiger partial charge on any atom is 0.255 e. The molecule has 146 valence electrons. The number of rotatable bonds is 11. The number of carbonyl (C=O) groups is 1. The Balaban J connectivity index is 1.93. The Labute approximate surface area is 162 Å². The molecule has 0 spiro atoms. The van der Waals surface area contributed by atoms with Crippen LogP contribution in [-0.2, 0) is 0 Å². The van der Waals surface area contributed by atoms with E-state index in [0.717, 1.165) is 24.3 Å². The summed E-state index contributed by atoms with van der Waals surface area (Å²) in [4.78, 5) is 12.6. The first kappa shape index (κ1) is 20.8. The molecule has 0 aliphatic carbocycles. The Morgan fingerprint density at radius 1 is 1.00 bits per heavy atom.